The summed E-state index contributed by atoms with van der Waals surface area (Å²) >= 11 is 0. The zero-order valence-electron chi connectivity index (χ0n) is 11.4. The molecule has 1 aromatic rings. The van der Waals surface area contributed by atoms with Crippen LogP contribution in [0.4, 0.5) is 0 Å². The highest BCUT2D eigenvalue weighted by Gasteiger charge is 2.10. The van der Waals surface area contributed by atoms with Crippen molar-refractivity contribution >= 4 is 0 Å². The molecule has 1 aromatic heterocycles. The number of nitrogens with zero attached hydrogens (tertiary/aromatic N) is 2. The van der Waals surface area contributed by atoms with Gasteiger partial charge in [-0.25, -0.2) is 0 Å². The van der Waals surface area contributed by atoms with Crippen LogP contribution in [0.5, 0.6) is 0 Å². The number of hydrogen-bond donors (Lipinski definition) is 1. The van der Waals surface area contributed by atoms with E-state index in [9.17, 15) is 0 Å². The lowest BCUT2D eigenvalue weighted by Gasteiger charge is -2.15. The van der Waals surface area contributed by atoms with Crippen molar-refractivity contribution in [3.05, 3.63) is 23.0 Å². The highest BCUT2D eigenvalue weighted by atomic mass is 15.0. The fraction of sp³-hybridized carbons (Fsp3) is 0.643. The van der Waals surface area contributed by atoms with E-state index in [1.165, 1.54) is 24.1 Å². The summed E-state index contributed by atoms with van der Waals surface area (Å²) < 4.78 is 1.96. The summed E-state index contributed by atoms with van der Waals surface area (Å²) in [5.74, 6) is 0. The van der Waals surface area contributed by atoms with Crippen molar-refractivity contribution in [1.29, 1.82) is 5.26 Å². The molecule has 0 amide bonds. The van der Waals surface area contributed by atoms with Crippen LogP contribution in [-0.4, -0.2) is 10.6 Å². The van der Waals surface area contributed by atoms with Crippen molar-refractivity contribution in [3.63, 3.8) is 0 Å². The van der Waals surface area contributed by atoms with Crippen molar-refractivity contribution in [2.45, 2.75) is 52.6 Å². The zero-order chi connectivity index (χ0) is 12.8. The summed E-state index contributed by atoms with van der Waals surface area (Å²) in [7, 11) is 1.95. The van der Waals surface area contributed by atoms with E-state index in [0.29, 0.717) is 6.04 Å². The van der Waals surface area contributed by atoms with E-state index < -0.39 is 0 Å². The highest BCUT2D eigenvalue weighted by molar-refractivity contribution is 5.34. The number of rotatable bonds is 6. The maximum atomic E-state index is 8.97. The molecule has 0 bridgehead atoms. The van der Waals surface area contributed by atoms with Gasteiger partial charge in [0.25, 0.3) is 0 Å². The van der Waals surface area contributed by atoms with Gasteiger partial charge in [0.1, 0.15) is 11.8 Å². The van der Waals surface area contributed by atoms with E-state index in [-0.39, 0.29) is 0 Å². The van der Waals surface area contributed by atoms with Gasteiger partial charge in [-0.1, -0.05) is 20.3 Å². The molecule has 0 aliphatic rings. The minimum Gasteiger partial charge on any atom is -0.340 e. The maximum absolute atomic E-state index is 8.97. The Bertz CT molecular complexity index is 398. The van der Waals surface area contributed by atoms with Gasteiger partial charge in [0.2, 0.25) is 0 Å². The van der Waals surface area contributed by atoms with Crippen molar-refractivity contribution in [3.8, 4) is 6.07 Å². The summed E-state index contributed by atoms with van der Waals surface area (Å²) in [5.41, 5.74) is 3.15. The number of nitriles is 1. The summed E-state index contributed by atoms with van der Waals surface area (Å²) in [4.78, 5) is 0. The largest absolute Gasteiger partial charge is 0.340 e. The summed E-state index contributed by atoms with van der Waals surface area (Å²) in [6.45, 7) is 7.36. The zero-order valence-corrected chi connectivity index (χ0v) is 11.4. The van der Waals surface area contributed by atoms with Gasteiger partial charge in [-0.05, 0) is 31.4 Å². The van der Waals surface area contributed by atoms with Gasteiger partial charge in [0.05, 0.1) is 0 Å². The molecule has 1 unspecified atom stereocenters. The van der Waals surface area contributed by atoms with E-state index in [2.05, 4.69) is 32.2 Å². The van der Waals surface area contributed by atoms with Gasteiger partial charge < -0.3 is 9.88 Å². The Morgan fingerprint density at radius 2 is 2.18 bits per heavy atom. The third-order valence-electron chi connectivity index (χ3n) is 3.47. The topological polar surface area (TPSA) is 40.8 Å². The average molecular weight is 233 g/mol. The maximum Gasteiger partial charge on any atom is 0.120 e. The molecule has 17 heavy (non-hydrogen) atoms. The standard InChI is InChI=1S/C14H23N3/c1-5-7-13(6-2)16-10-12-8-14(9-15)17(4)11(12)3/h8,13,16H,5-7,10H2,1-4H3. The van der Waals surface area contributed by atoms with E-state index in [1.807, 2.05) is 17.7 Å². The second-order valence-corrected chi connectivity index (χ2v) is 4.59. The van der Waals surface area contributed by atoms with E-state index in [4.69, 9.17) is 5.26 Å². The van der Waals surface area contributed by atoms with Gasteiger partial charge in [-0.15, -0.1) is 0 Å². The van der Waals surface area contributed by atoms with Gasteiger partial charge in [-0.3, -0.25) is 0 Å². The van der Waals surface area contributed by atoms with Crippen LogP contribution in [0.2, 0.25) is 0 Å². The first-order valence-corrected chi connectivity index (χ1v) is 6.42. The number of nitrogens with one attached hydrogen (secondary N) is 1. The predicted molar refractivity (Wildman–Crippen MR) is 70.7 cm³/mol. The Balaban J connectivity index is 2.66. The lowest BCUT2D eigenvalue weighted by molar-refractivity contribution is 0.462. The normalized spacial score (nSPS) is 12.4. The van der Waals surface area contributed by atoms with Crippen LogP contribution in [0.3, 0.4) is 0 Å². The van der Waals surface area contributed by atoms with Gasteiger partial charge in [0, 0.05) is 25.3 Å². The Morgan fingerprint density at radius 3 is 2.65 bits per heavy atom. The first-order chi connectivity index (χ1) is 8.13. The molecule has 0 aliphatic carbocycles. The van der Waals surface area contributed by atoms with Crippen molar-refractivity contribution in [1.82, 2.24) is 9.88 Å². The van der Waals surface area contributed by atoms with Crippen LogP contribution in [0, 0.1) is 18.3 Å². The molecule has 0 spiro atoms. The highest BCUT2D eigenvalue weighted by Crippen LogP contribution is 2.14. The Hall–Kier alpha value is -1.27. The van der Waals surface area contributed by atoms with Gasteiger partial charge in [-0.2, -0.15) is 5.26 Å². The predicted octanol–water partition coefficient (Wildman–Crippen LogP) is 2.87. The second-order valence-electron chi connectivity index (χ2n) is 4.59. The lowest BCUT2D eigenvalue weighted by atomic mass is 10.1. The number of aromatic nitrogens is 1. The SMILES string of the molecule is CCCC(CC)NCc1cc(C#N)n(C)c1C. The van der Waals surface area contributed by atoms with E-state index in [1.54, 1.807) is 0 Å². The second kappa shape index (κ2) is 6.46. The summed E-state index contributed by atoms with van der Waals surface area (Å²) in [6.07, 6.45) is 3.58. The molecule has 3 nitrogen and oxygen atoms in total. The first kappa shape index (κ1) is 13.8. The Labute approximate surface area is 104 Å². The average Bonchev–Trinajstić information content (AvgIpc) is 2.61. The quantitative estimate of drug-likeness (QED) is 0.820. The lowest BCUT2D eigenvalue weighted by Crippen LogP contribution is -2.27. The Morgan fingerprint density at radius 1 is 1.47 bits per heavy atom. The number of hydrogen-bond acceptors (Lipinski definition) is 2. The Kier molecular flexibility index (Phi) is 5.24. The first-order valence-electron chi connectivity index (χ1n) is 6.42. The molecule has 1 N–H and O–H groups in total. The molecule has 0 saturated heterocycles. The van der Waals surface area contributed by atoms with Crippen LogP contribution < -0.4 is 5.32 Å². The minimum absolute atomic E-state index is 0.588. The van der Waals surface area contributed by atoms with Crippen molar-refractivity contribution < 1.29 is 0 Å². The van der Waals surface area contributed by atoms with Gasteiger partial charge >= 0.3 is 0 Å². The molecule has 94 valence electrons. The smallest absolute Gasteiger partial charge is 0.120 e. The molecular formula is C14H23N3. The fourth-order valence-corrected chi connectivity index (χ4v) is 2.10. The van der Waals surface area contributed by atoms with Crippen LogP contribution in [0.1, 0.15) is 50.1 Å². The van der Waals surface area contributed by atoms with Crippen LogP contribution in [-0.2, 0) is 13.6 Å². The molecule has 0 aromatic carbocycles. The summed E-state index contributed by atoms with van der Waals surface area (Å²) in [5, 5.41) is 12.5. The molecular weight excluding hydrogens is 210 g/mol. The van der Waals surface area contributed by atoms with Crippen LogP contribution in [0.25, 0.3) is 0 Å². The van der Waals surface area contributed by atoms with Crippen LogP contribution in [0.15, 0.2) is 6.07 Å². The van der Waals surface area contributed by atoms with Crippen LogP contribution >= 0.6 is 0 Å². The van der Waals surface area contributed by atoms with E-state index >= 15 is 0 Å². The molecule has 1 heterocycles. The van der Waals surface area contributed by atoms with Gasteiger partial charge in [0.15, 0.2) is 0 Å². The molecule has 0 saturated carbocycles. The third-order valence-corrected chi connectivity index (χ3v) is 3.47. The molecule has 0 fully saturated rings. The van der Waals surface area contributed by atoms with Crippen molar-refractivity contribution in [2.24, 2.45) is 7.05 Å². The molecule has 1 rings (SSSR count). The van der Waals surface area contributed by atoms with Crippen molar-refractivity contribution in [2.75, 3.05) is 0 Å². The fourth-order valence-electron chi connectivity index (χ4n) is 2.10. The minimum atomic E-state index is 0.588. The molecule has 1 atom stereocenters. The summed E-state index contributed by atoms with van der Waals surface area (Å²) in [6, 6.07) is 4.79. The van der Waals surface area contributed by atoms with E-state index in [0.717, 1.165) is 18.7 Å². The molecule has 0 radical (unpaired) electrons. The third kappa shape index (κ3) is 3.34. The molecule has 3 heteroatoms. The molecule has 0 aliphatic heterocycles. The monoisotopic (exact) mass is 233 g/mol.